The molecule has 0 radical (unpaired) electrons. The molecule has 3 aromatic carbocycles. The molecular weight excluding hydrogens is 350 g/mol. The fourth-order valence-corrected chi connectivity index (χ4v) is 2.73. The van der Waals surface area contributed by atoms with Crippen LogP contribution in [-0.2, 0) is 11.4 Å². The van der Waals surface area contributed by atoms with Gasteiger partial charge in [0.15, 0.2) is 0 Å². The molecule has 3 rings (SSSR count). The van der Waals surface area contributed by atoms with E-state index in [-0.39, 0.29) is 5.91 Å². The molecule has 1 amide bonds. The number of carbonyl (C=O) groups is 1. The lowest BCUT2D eigenvalue weighted by molar-refractivity contribution is -0.116. The number of benzene rings is 3. The number of carbonyl (C=O) groups excluding carboxylic acids is 1. The van der Waals surface area contributed by atoms with Crippen LogP contribution in [0.5, 0.6) is 11.5 Å². The van der Waals surface area contributed by atoms with Crippen LogP contribution in [0.4, 0.5) is 5.69 Å². The van der Waals surface area contributed by atoms with Crippen molar-refractivity contribution < 1.29 is 14.3 Å². The zero-order chi connectivity index (χ0) is 19.6. The van der Waals surface area contributed by atoms with Gasteiger partial charge in [0.1, 0.15) is 18.1 Å². The molecule has 1 N–H and O–H groups in total. The van der Waals surface area contributed by atoms with Gasteiger partial charge in [0.25, 0.3) is 0 Å². The van der Waals surface area contributed by atoms with Crippen molar-refractivity contribution in [1.29, 1.82) is 0 Å². The van der Waals surface area contributed by atoms with Crippen molar-refractivity contribution in [3.05, 3.63) is 90.0 Å². The van der Waals surface area contributed by atoms with Crippen molar-refractivity contribution in [3.8, 4) is 11.5 Å². The van der Waals surface area contributed by atoms with Gasteiger partial charge in [0, 0.05) is 12.1 Å². The van der Waals surface area contributed by atoms with Crippen LogP contribution in [0, 0.1) is 6.92 Å². The summed E-state index contributed by atoms with van der Waals surface area (Å²) in [7, 11) is 0. The molecule has 4 heteroatoms. The topological polar surface area (TPSA) is 47.6 Å². The average molecular weight is 375 g/mol. The van der Waals surface area contributed by atoms with Crippen LogP contribution in [-0.4, -0.2) is 12.5 Å². The first kappa shape index (κ1) is 19.5. The Morgan fingerprint density at radius 3 is 2.32 bits per heavy atom. The number of rotatable bonds is 9. The summed E-state index contributed by atoms with van der Waals surface area (Å²) >= 11 is 0. The quantitative estimate of drug-likeness (QED) is 0.511. The van der Waals surface area contributed by atoms with Gasteiger partial charge in [-0.25, -0.2) is 0 Å². The van der Waals surface area contributed by atoms with E-state index in [0.29, 0.717) is 26.1 Å². The third-order valence-electron chi connectivity index (χ3n) is 4.29. The fraction of sp³-hybridized carbons (Fsp3) is 0.208. The van der Waals surface area contributed by atoms with Gasteiger partial charge in [-0.1, -0.05) is 48.5 Å². The molecule has 3 aromatic rings. The number of anilines is 1. The molecule has 0 aromatic heterocycles. The molecule has 0 atom stereocenters. The van der Waals surface area contributed by atoms with Gasteiger partial charge >= 0.3 is 0 Å². The summed E-state index contributed by atoms with van der Waals surface area (Å²) in [5, 5.41) is 2.90. The highest BCUT2D eigenvalue weighted by atomic mass is 16.5. The van der Waals surface area contributed by atoms with Crippen LogP contribution in [0.2, 0.25) is 0 Å². The molecule has 0 unspecified atom stereocenters. The zero-order valence-electron chi connectivity index (χ0n) is 16.1. The summed E-state index contributed by atoms with van der Waals surface area (Å²) in [4.78, 5) is 12.1. The van der Waals surface area contributed by atoms with Crippen LogP contribution in [0.25, 0.3) is 0 Å². The summed E-state index contributed by atoms with van der Waals surface area (Å²) in [5.74, 6) is 1.62. The van der Waals surface area contributed by atoms with Crippen molar-refractivity contribution in [3.63, 3.8) is 0 Å². The first-order valence-electron chi connectivity index (χ1n) is 9.46. The van der Waals surface area contributed by atoms with Gasteiger partial charge in [-0.15, -0.1) is 0 Å². The van der Waals surface area contributed by atoms with E-state index in [2.05, 4.69) is 5.32 Å². The third kappa shape index (κ3) is 6.16. The van der Waals surface area contributed by atoms with Gasteiger partial charge in [-0.05, 0) is 54.8 Å². The highest BCUT2D eigenvalue weighted by Crippen LogP contribution is 2.18. The maximum absolute atomic E-state index is 12.1. The van der Waals surface area contributed by atoms with Crippen molar-refractivity contribution in [2.75, 3.05) is 11.9 Å². The average Bonchev–Trinajstić information content (AvgIpc) is 2.73. The van der Waals surface area contributed by atoms with Gasteiger partial charge in [-0.2, -0.15) is 0 Å². The van der Waals surface area contributed by atoms with E-state index in [0.717, 1.165) is 28.3 Å². The van der Waals surface area contributed by atoms with E-state index >= 15 is 0 Å². The molecule has 0 aliphatic carbocycles. The van der Waals surface area contributed by atoms with Gasteiger partial charge in [0.05, 0.1) is 6.61 Å². The Hall–Kier alpha value is -3.27. The summed E-state index contributed by atoms with van der Waals surface area (Å²) in [5.41, 5.74) is 2.98. The van der Waals surface area contributed by atoms with Crippen LogP contribution in [0.15, 0.2) is 78.9 Å². The number of hydrogen-bond acceptors (Lipinski definition) is 3. The van der Waals surface area contributed by atoms with E-state index in [1.165, 1.54) is 0 Å². The Bertz CT molecular complexity index is 876. The second kappa shape index (κ2) is 10.2. The highest BCUT2D eigenvalue weighted by molar-refractivity contribution is 5.90. The first-order chi connectivity index (χ1) is 13.7. The van der Waals surface area contributed by atoms with Crippen molar-refractivity contribution in [2.45, 2.75) is 26.4 Å². The Labute approximate surface area is 166 Å². The molecule has 0 saturated heterocycles. The minimum Gasteiger partial charge on any atom is -0.493 e. The normalized spacial score (nSPS) is 10.3. The summed E-state index contributed by atoms with van der Waals surface area (Å²) in [6.45, 7) is 3.05. The van der Waals surface area contributed by atoms with E-state index in [1.54, 1.807) is 0 Å². The lowest BCUT2D eigenvalue weighted by atomic mass is 10.2. The number of ether oxygens (including phenoxy) is 2. The molecule has 0 spiro atoms. The molecule has 4 nitrogen and oxygen atoms in total. The van der Waals surface area contributed by atoms with E-state index in [1.807, 2.05) is 85.8 Å². The molecule has 0 saturated carbocycles. The molecule has 28 heavy (non-hydrogen) atoms. The van der Waals surface area contributed by atoms with Gasteiger partial charge < -0.3 is 14.8 Å². The predicted octanol–water partition coefficient (Wildman–Crippen LogP) is 5.37. The zero-order valence-corrected chi connectivity index (χ0v) is 16.1. The first-order valence-corrected chi connectivity index (χ1v) is 9.46. The summed E-state index contributed by atoms with van der Waals surface area (Å²) in [6.07, 6.45) is 1.08. The smallest absolute Gasteiger partial charge is 0.224 e. The molecule has 0 heterocycles. The Kier molecular flexibility index (Phi) is 7.08. The van der Waals surface area contributed by atoms with Crippen LogP contribution in [0.1, 0.15) is 24.0 Å². The number of para-hydroxylation sites is 1. The van der Waals surface area contributed by atoms with Crippen molar-refractivity contribution >= 4 is 11.6 Å². The van der Waals surface area contributed by atoms with Gasteiger partial charge in [0.2, 0.25) is 5.91 Å². The van der Waals surface area contributed by atoms with E-state index < -0.39 is 0 Å². The maximum Gasteiger partial charge on any atom is 0.224 e. The van der Waals surface area contributed by atoms with Crippen LogP contribution >= 0.6 is 0 Å². The lowest BCUT2D eigenvalue weighted by Crippen LogP contribution is -2.12. The highest BCUT2D eigenvalue weighted by Gasteiger charge is 2.04. The van der Waals surface area contributed by atoms with Gasteiger partial charge in [-0.3, -0.25) is 4.79 Å². The standard InChI is InChI=1S/C24H25NO3/c1-19-8-5-6-11-23(19)27-17-7-12-24(26)25-21-13-15-22(16-14-21)28-18-20-9-3-2-4-10-20/h2-6,8-11,13-16H,7,12,17-18H2,1H3,(H,25,26). The fourth-order valence-electron chi connectivity index (χ4n) is 2.73. The number of aryl methyl sites for hydroxylation is 1. The Balaban J connectivity index is 1.37. The monoisotopic (exact) mass is 375 g/mol. The lowest BCUT2D eigenvalue weighted by Gasteiger charge is -2.10. The summed E-state index contributed by atoms with van der Waals surface area (Å²) in [6, 6.07) is 25.3. The molecule has 0 aliphatic rings. The van der Waals surface area contributed by atoms with Crippen molar-refractivity contribution in [2.24, 2.45) is 0 Å². The Morgan fingerprint density at radius 2 is 1.57 bits per heavy atom. The second-order valence-corrected chi connectivity index (χ2v) is 6.56. The minimum atomic E-state index is -0.0219. The molecule has 0 fully saturated rings. The minimum absolute atomic E-state index is 0.0219. The second-order valence-electron chi connectivity index (χ2n) is 6.56. The number of amides is 1. The molecular formula is C24H25NO3. The molecule has 0 bridgehead atoms. The number of hydrogen-bond donors (Lipinski definition) is 1. The van der Waals surface area contributed by atoms with Crippen LogP contribution < -0.4 is 14.8 Å². The molecule has 144 valence electrons. The third-order valence-corrected chi connectivity index (χ3v) is 4.29. The Morgan fingerprint density at radius 1 is 0.857 bits per heavy atom. The predicted molar refractivity (Wildman–Crippen MR) is 112 cm³/mol. The number of nitrogens with one attached hydrogen (secondary N) is 1. The maximum atomic E-state index is 12.1. The SMILES string of the molecule is Cc1ccccc1OCCCC(=O)Nc1ccc(OCc2ccccc2)cc1. The van der Waals surface area contributed by atoms with Crippen molar-refractivity contribution in [1.82, 2.24) is 0 Å². The van der Waals surface area contributed by atoms with E-state index in [9.17, 15) is 4.79 Å². The summed E-state index contributed by atoms with van der Waals surface area (Å²) < 4.78 is 11.5. The molecule has 0 aliphatic heterocycles. The largest absolute Gasteiger partial charge is 0.493 e. The van der Waals surface area contributed by atoms with E-state index in [4.69, 9.17) is 9.47 Å². The van der Waals surface area contributed by atoms with Crippen LogP contribution in [0.3, 0.4) is 0 Å².